The fourth-order valence-electron chi connectivity index (χ4n) is 5.03. The molecule has 6 nitrogen and oxygen atoms in total. The van der Waals surface area contributed by atoms with Gasteiger partial charge in [0.1, 0.15) is 5.82 Å². The molecule has 0 spiro atoms. The number of nitrogens with zero attached hydrogens (tertiary/aromatic N) is 4. The molecule has 1 aromatic rings. The molecule has 2 saturated heterocycles. The molecule has 3 fully saturated rings. The number of ether oxygens (including phenoxy) is 1. The van der Waals surface area contributed by atoms with Gasteiger partial charge >= 0.3 is 0 Å². The number of aromatic nitrogens is 1. The molecular formula is C21H34IN5O. The van der Waals surface area contributed by atoms with E-state index in [0.29, 0.717) is 18.1 Å². The van der Waals surface area contributed by atoms with Crippen LogP contribution in [0.15, 0.2) is 29.4 Å². The molecular weight excluding hydrogens is 465 g/mol. The van der Waals surface area contributed by atoms with Crippen LogP contribution in [0.4, 0.5) is 5.82 Å². The molecule has 0 bridgehead atoms. The van der Waals surface area contributed by atoms with E-state index in [1.807, 2.05) is 12.3 Å². The summed E-state index contributed by atoms with van der Waals surface area (Å²) in [6.07, 6.45) is 4.71. The Morgan fingerprint density at radius 2 is 2.07 bits per heavy atom. The molecule has 0 radical (unpaired) electrons. The van der Waals surface area contributed by atoms with E-state index in [9.17, 15) is 0 Å². The summed E-state index contributed by atoms with van der Waals surface area (Å²) in [5.41, 5.74) is 0.162. The van der Waals surface area contributed by atoms with Crippen molar-refractivity contribution in [2.24, 2.45) is 16.3 Å². The summed E-state index contributed by atoms with van der Waals surface area (Å²) in [7, 11) is 0. The fourth-order valence-corrected chi connectivity index (χ4v) is 5.03. The number of hydrogen-bond donors (Lipinski definition) is 1. The lowest BCUT2D eigenvalue weighted by atomic mass is 9.55. The van der Waals surface area contributed by atoms with Crippen LogP contribution in [0.3, 0.4) is 0 Å². The Morgan fingerprint density at radius 3 is 2.75 bits per heavy atom. The maximum absolute atomic E-state index is 6.07. The molecule has 3 heterocycles. The van der Waals surface area contributed by atoms with Crippen LogP contribution in [0.1, 0.15) is 33.6 Å². The van der Waals surface area contributed by atoms with Gasteiger partial charge in [0.15, 0.2) is 5.96 Å². The molecule has 7 heteroatoms. The highest BCUT2D eigenvalue weighted by Crippen LogP contribution is 2.51. The molecule has 1 saturated carbocycles. The quantitative estimate of drug-likeness (QED) is 0.394. The second-order valence-electron chi connectivity index (χ2n) is 8.50. The fraction of sp³-hybridized carbons (Fsp3) is 0.714. The Labute approximate surface area is 186 Å². The van der Waals surface area contributed by atoms with E-state index in [1.165, 1.54) is 12.8 Å². The summed E-state index contributed by atoms with van der Waals surface area (Å²) < 4.78 is 6.07. The Balaban J connectivity index is 0.00000225. The van der Waals surface area contributed by atoms with Crippen LogP contribution in [-0.2, 0) is 4.74 Å². The van der Waals surface area contributed by atoms with Crippen LogP contribution in [-0.4, -0.2) is 67.3 Å². The Morgan fingerprint density at radius 1 is 1.29 bits per heavy atom. The molecule has 3 aliphatic rings. The number of hydrogen-bond acceptors (Lipinski definition) is 4. The van der Waals surface area contributed by atoms with Gasteiger partial charge < -0.3 is 19.9 Å². The van der Waals surface area contributed by atoms with Gasteiger partial charge in [-0.15, -0.1) is 24.0 Å². The lowest BCUT2D eigenvalue weighted by molar-refractivity contribution is -0.188. The van der Waals surface area contributed by atoms with Crippen LogP contribution >= 0.6 is 24.0 Å². The summed E-state index contributed by atoms with van der Waals surface area (Å²) >= 11 is 0. The van der Waals surface area contributed by atoms with Gasteiger partial charge in [-0.05, 0) is 31.9 Å². The van der Waals surface area contributed by atoms with E-state index >= 15 is 0 Å². The molecule has 28 heavy (non-hydrogen) atoms. The van der Waals surface area contributed by atoms with Gasteiger partial charge in [-0.1, -0.05) is 19.9 Å². The number of pyridine rings is 1. The van der Waals surface area contributed by atoms with E-state index in [0.717, 1.165) is 51.1 Å². The summed E-state index contributed by atoms with van der Waals surface area (Å²) in [6, 6.07) is 6.57. The molecule has 1 aromatic heterocycles. The van der Waals surface area contributed by atoms with Gasteiger partial charge in [0.25, 0.3) is 0 Å². The Kier molecular flexibility index (Phi) is 7.07. The topological polar surface area (TPSA) is 53.0 Å². The molecule has 1 aliphatic carbocycles. The van der Waals surface area contributed by atoms with Crippen LogP contribution in [0.25, 0.3) is 0 Å². The third kappa shape index (κ3) is 4.10. The smallest absolute Gasteiger partial charge is 0.194 e. The molecule has 3 atom stereocenters. The minimum Gasteiger partial charge on any atom is -0.377 e. The first-order chi connectivity index (χ1) is 13.1. The van der Waals surface area contributed by atoms with Gasteiger partial charge in [0.2, 0.25) is 0 Å². The SMILES string of the molecule is CCN=C(NC1C2CCCOC2C1(C)C)N1CCN(c2ccccn2)CC1.I. The first-order valence-corrected chi connectivity index (χ1v) is 10.4. The molecule has 0 aromatic carbocycles. The number of guanidine groups is 1. The highest BCUT2D eigenvalue weighted by Gasteiger charge is 2.58. The molecule has 3 unspecified atom stereocenters. The van der Waals surface area contributed by atoms with Crippen molar-refractivity contribution in [3.05, 3.63) is 24.4 Å². The summed E-state index contributed by atoms with van der Waals surface area (Å²) in [4.78, 5) is 14.1. The third-order valence-corrected chi connectivity index (χ3v) is 6.48. The van der Waals surface area contributed by atoms with Gasteiger partial charge in [-0.25, -0.2) is 4.98 Å². The standard InChI is InChI=1S/C21H33N5O.HI/c1-4-22-20(24-18-16-8-7-15-27-19(16)21(18,2)3)26-13-11-25(12-14-26)17-9-5-6-10-23-17;/h5-6,9-10,16,18-19H,4,7-8,11-15H2,1-3H3,(H,22,24);1H. The van der Waals surface area contributed by atoms with Crippen molar-refractivity contribution in [1.82, 2.24) is 15.2 Å². The van der Waals surface area contributed by atoms with Gasteiger partial charge in [0.05, 0.1) is 6.10 Å². The zero-order valence-corrected chi connectivity index (χ0v) is 19.6. The third-order valence-electron chi connectivity index (χ3n) is 6.48. The van der Waals surface area contributed by atoms with Gasteiger partial charge in [-0.3, -0.25) is 4.99 Å². The number of piperazine rings is 1. The van der Waals surface area contributed by atoms with Gasteiger partial charge in [-0.2, -0.15) is 0 Å². The molecule has 156 valence electrons. The van der Waals surface area contributed by atoms with Crippen LogP contribution < -0.4 is 10.2 Å². The zero-order valence-electron chi connectivity index (χ0n) is 17.3. The second kappa shape index (κ2) is 9.15. The predicted octanol–water partition coefficient (Wildman–Crippen LogP) is 2.99. The average molecular weight is 499 g/mol. The van der Waals surface area contributed by atoms with Crippen LogP contribution in [0.2, 0.25) is 0 Å². The van der Waals surface area contributed by atoms with Crippen molar-refractivity contribution in [2.75, 3.05) is 44.2 Å². The lowest BCUT2D eigenvalue weighted by Gasteiger charge is -2.60. The van der Waals surface area contributed by atoms with Crippen molar-refractivity contribution in [3.63, 3.8) is 0 Å². The normalized spacial score (nSPS) is 29.4. The Bertz CT molecular complexity index is 660. The van der Waals surface area contributed by atoms with Crippen molar-refractivity contribution in [3.8, 4) is 0 Å². The van der Waals surface area contributed by atoms with E-state index in [-0.39, 0.29) is 29.4 Å². The highest BCUT2D eigenvalue weighted by molar-refractivity contribution is 14.0. The van der Waals surface area contributed by atoms with Crippen molar-refractivity contribution in [1.29, 1.82) is 0 Å². The van der Waals surface area contributed by atoms with Crippen molar-refractivity contribution < 1.29 is 4.74 Å². The number of rotatable bonds is 3. The number of halogens is 1. The summed E-state index contributed by atoms with van der Waals surface area (Å²) in [5, 5.41) is 3.83. The Hall–Kier alpha value is -1.09. The largest absolute Gasteiger partial charge is 0.377 e. The van der Waals surface area contributed by atoms with Crippen molar-refractivity contribution >= 4 is 35.8 Å². The zero-order chi connectivity index (χ0) is 18.9. The molecule has 0 amide bonds. The summed E-state index contributed by atoms with van der Waals surface area (Å²) in [5.74, 6) is 2.76. The minimum atomic E-state index is 0. The van der Waals surface area contributed by atoms with Gasteiger partial charge in [0, 0.05) is 62.9 Å². The van der Waals surface area contributed by atoms with Crippen LogP contribution in [0.5, 0.6) is 0 Å². The highest BCUT2D eigenvalue weighted by atomic mass is 127. The molecule has 1 N–H and O–H groups in total. The first-order valence-electron chi connectivity index (χ1n) is 10.4. The number of aliphatic imine (C=N–C) groups is 1. The maximum Gasteiger partial charge on any atom is 0.194 e. The summed E-state index contributed by atoms with van der Waals surface area (Å²) in [6.45, 7) is 12.4. The van der Waals surface area contributed by atoms with E-state index in [4.69, 9.17) is 9.73 Å². The van der Waals surface area contributed by atoms with E-state index in [1.54, 1.807) is 0 Å². The predicted molar refractivity (Wildman–Crippen MR) is 125 cm³/mol. The van der Waals surface area contributed by atoms with Crippen molar-refractivity contribution in [2.45, 2.75) is 45.8 Å². The van der Waals surface area contributed by atoms with E-state index < -0.39 is 0 Å². The van der Waals surface area contributed by atoms with Crippen LogP contribution in [0, 0.1) is 11.3 Å². The molecule has 4 rings (SSSR count). The second-order valence-corrected chi connectivity index (χ2v) is 8.50. The maximum atomic E-state index is 6.07. The first kappa shape index (κ1) is 21.6. The number of nitrogens with one attached hydrogen (secondary N) is 1. The molecule has 2 aliphatic heterocycles. The number of anilines is 1. The lowest BCUT2D eigenvalue weighted by Crippen LogP contribution is -2.71. The van der Waals surface area contributed by atoms with E-state index in [2.05, 4.69) is 53.0 Å². The average Bonchev–Trinajstić information content (AvgIpc) is 2.72. The monoisotopic (exact) mass is 499 g/mol. The number of fused-ring (bicyclic) bond motifs is 1. The minimum absolute atomic E-state index is 0.